The van der Waals surface area contributed by atoms with Crippen LogP contribution in [0.2, 0.25) is 5.02 Å². The highest BCUT2D eigenvalue weighted by molar-refractivity contribution is 6.36. The van der Waals surface area contributed by atoms with E-state index < -0.39 is 12.6 Å². The van der Waals surface area contributed by atoms with Gasteiger partial charge in [-0.05, 0) is 19.1 Å². The van der Waals surface area contributed by atoms with E-state index in [4.69, 9.17) is 17.3 Å². The smallest absolute Gasteiger partial charge is 0.387 e. The summed E-state index contributed by atoms with van der Waals surface area (Å²) in [5.41, 5.74) is 5.25. The van der Waals surface area contributed by atoms with Crippen LogP contribution < -0.4 is 10.5 Å². The Morgan fingerprint density at radius 3 is 2.71 bits per heavy atom. The SMILES string of the molecule is CCOC(=O)c1c(OC(F)F)ccc(N)c1Cl. The Bertz CT molecular complexity index is 426. The highest BCUT2D eigenvalue weighted by atomic mass is 35.5. The molecule has 0 radical (unpaired) electrons. The number of nitrogen functional groups attached to an aromatic ring is 1. The third-order valence-electron chi connectivity index (χ3n) is 1.83. The molecule has 0 aromatic heterocycles. The molecule has 0 aliphatic rings. The number of esters is 1. The van der Waals surface area contributed by atoms with Gasteiger partial charge in [-0.15, -0.1) is 0 Å². The molecule has 0 saturated heterocycles. The molecule has 1 aromatic carbocycles. The average molecular weight is 266 g/mol. The number of ether oxygens (including phenoxy) is 2. The van der Waals surface area contributed by atoms with Gasteiger partial charge in [0.2, 0.25) is 0 Å². The summed E-state index contributed by atoms with van der Waals surface area (Å²) in [4.78, 5) is 11.5. The molecule has 0 aliphatic carbocycles. The van der Waals surface area contributed by atoms with Crippen LogP contribution in [0.3, 0.4) is 0 Å². The molecular weight excluding hydrogens is 256 g/mol. The zero-order chi connectivity index (χ0) is 13.0. The van der Waals surface area contributed by atoms with Gasteiger partial charge in [0.1, 0.15) is 11.3 Å². The lowest BCUT2D eigenvalue weighted by Crippen LogP contribution is -2.12. The summed E-state index contributed by atoms with van der Waals surface area (Å²) in [5.74, 6) is -1.22. The average Bonchev–Trinajstić information content (AvgIpc) is 2.23. The van der Waals surface area contributed by atoms with Crippen molar-refractivity contribution in [2.24, 2.45) is 0 Å². The Hall–Kier alpha value is -1.56. The second-order valence-electron chi connectivity index (χ2n) is 2.94. The van der Waals surface area contributed by atoms with E-state index in [9.17, 15) is 13.6 Å². The van der Waals surface area contributed by atoms with Crippen LogP contribution in [0.4, 0.5) is 14.5 Å². The van der Waals surface area contributed by atoms with E-state index in [0.717, 1.165) is 6.07 Å². The van der Waals surface area contributed by atoms with Crippen molar-refractivity contribution in [1.29, 1.82) is 0 Å². The summed E-state index contributed by atoms with van der Waals surface area (Å²) in [6.07, 6.45) is 0. The van der Waals surface area contributed by atoms with Crippen molar-refractivity contribution in [2.45, 2.75) is 13.5 Å². The van der Waals surface area contributed by atoms with Crippen molar-refractivity contribution in [2.75, 3.05) is 12.3 Å². The first-order valence-corrected chi connectivity index (χ1v) is 5.05. The minimum atomic E-state index is -3.07. The van der Waals surface area contributed by atoms with E-state index in [2.05, 4.69) is 9.47 Å². The van der Waals surface area contributed by atoms with Gasteiger partial charge in [0, 0.05) is 0 Å². The summed E-state index contributed by atoms with van der Waals surface area (Å²) in [5, 5.41) is -0.165. The minimum Gasteiger partial charge on any atom is -0.462 e. The molecule has 0 bridgehead atoms. The van der Waals surface area contributed by atoms with Crippen LogP contribution in [0.25, 0.3) is 0 Å². The van der Waals surface area contributed by atoms with Crippen LogP contribution in [0.5, 0.6) is 5.75 Å². The monoisotopic (exact) mass is 265 g/mol. The first-order valence-electron chi connectivity index (χ1n) is 4.67. The highest BCUT2D eigenvalue weighted by Gasteiger charge is 2.22. The third-order valence-corrected chi connectivity index (χ3v) is 2.24. The van der Waals surface area contributed by atoms with Gasteiger partial charge in [-0.25, -0.2) is 4.79 Å². The topological polar surface area (TPSA) is 61.5 Å². The van der Waals surface area contributed by atoms with Gasteiger partial charge in [0.25, 0.3) is 0 Å². The Morgan fingerprint density at radius 1 is 1.53 bits per heavy atom. The summed E-state index contributed by atoms with van der Waals surface area (Å²) >= 11 is 5.76. The molecule has 7 heteroatoms. The van der Waals surface area contributed by atoms with Crippen LogP contribution in [-0.2, 0) is 4.74 Å². The lowest BCUT2D eigenvalue weighted by molar-refractivity contribution is -0.0504. The standard InChI is InChI=1S/C10H10ClF2NO3/c1-2-16-9(15)7-6(17-10(12)13)4-3-5(14)8(7)11/h3-4,10H,2,14H2,1H3. The number of anilines is 1. The maximum Gasteiger partial charge on any atom is 0.387 e. The van der Waals surface area contributed by atoms with E-state index in [-0.39, 0.29) is 28.6 Å². The molecule has 0 heterocycles. The number of nitrogens with two attached hydrogens (primary N) is 1. The molecule has 1 aromatic rings. The van der Waals surface area contributed by atoms with Crippen LogP contribution in [0.15, 0.2) is 12.1 Å². The molecule has 0 amide bonds. The molecule has 94 valence electrons. The summed E-state index contributed by atoms with van der Waals surface area (Å²) in [6.45, 7) is -1.41. The summed E-state index contributed by atoms with van der Waals surface area (Å²) in [7, 11) is 0. The molecule has 0 spiro atoms. The van der Waals surface area contributed by atoms with Gasteiger partial charge in [-0.3, -0.25) is 0 Å². The molecule has 0 unspecified atom stereocenters. The second kappa shape index (κ2) is 5.67. The molecule has 0 fully saturated rings. The van der Waals surface area contributed by atoms with Gasteiger partial charge in [0.15, 0.2) is 0 Å². The number of carbonyl (C=O) groups is 1. The van der Waals surface area contributed by atoms with Crippen molar-refractivity contribution in [3.05, 3.63) is 22.7 Å². The number of hydrogen-bond donors (Lipinski definition) is 1. The molecule has 4 nitrogen and oxygen atoms in total. The Morgan fingerprint density at radius 2 is 2.18 bits per heavy atom. The van der Waals surface area contributed by atoms with E-state index in [1.165, 1.54) is 6.07 Å². The predicted molar refractivity (Wildman–Crippen MR) is 58.5 cm³/mol. The van der Waals surface area contributed by atoms with Crippen molar-refractivity contribution in [1.82, 2.24) is 0 Å². The number of rotatable bonds is 4. The van der Waals surface area contributed by atoms with Crippen LogP contribution in [0.1, 0.15) is 17.3 Å². The Kier molecular flexibility index (Phi) is 4.51. The normalized spacial score (nSPS) is 10.4. The largest absolute Gasteiger partial charge is 0.462 e. The van der Waals surface area contributed by atoms with Crippen LogP contribution >= 0.6 is 11.6 Å². The van der Waals surface area contributed by atoms with Gasteiger partial charge in [0.05, 0.1) is 17.3 Å². The van der Waals surface area contributed by atoms with Crippen molar-refractivity contribution < 1.29 is 23.0 Å². The van der Waals surface area contributed by atoms with Crippen LogP contribution in [0, 0.1) is 0 Å². The lowest BCUT2D eigenvalue weighted by atomic mass is 10.2. The maximum atomic E-state index is 12.1. The lowest BCUT2D eigenvalue weighted by Gasteiger charge is -2.12. The third kappa shape index (κ3) is 3.20. The predicted octanol–water partition coefficient (Wildman–Crippen LogP) is 2.70. The van der Waals surface area contributed by atoms with Crippen molar-refractivity contribution >= 4 is 23.3 Å². The molecule has 2 N–H and O–H groups in total. The second-order valence-corrected chi connectivity index (χ2v) is 3.32. The fourth-order valence-corrected chi connectivity index (χ4v) is 1.40. The maximum absolute atomic E-state index is 12.1. The zero-order valence-corrected chi connectivity index (χ0v) is 9.63. The fraction of sp³-hybridized carbons (Fsp3) is 0.300. The summed E-state index contributed by atoms with van der Waals surface area (Å²) < 4.78 is 33.1. The molecule has 0 atom stereocenters. The first-order chi connectivity index (χ1) is 7.97. The summed E-state index contributed by atoms with van der Waals surface area (Å²) in [6, 6.07) is 2.41. The van der Waals surface area contributed by atoms with Crippen molar-refractivity contribution in [3.63, 3.8) is 0 Å². The first kappa shape index (κ1) is 13.5. The Labute approximate surface area is 101 Å². The molecule has 0 aliphatic heterocycles. The zero-order valence-electron chi connectivity index (χ0n) is 8.88. The van der Waals surface area contributed by atoms with Gasteiger partial charge in [-0.2, -0.15) is 8.78 Å². The van der Waals surface area contributed by atoms with E-state index >= 15 is 0 Å². The van der Waals surface area contributed by atoms with Gasteiger partial charge < -0.3 is 15.2 Å². The highest BCUT2D eigenvalue weighted by Crippen LogP contribution is 2.33. The quantitative estimate of drug-likeness (QED) is 0.672. The Balaban J connectivity index is 3.21. The fourth-order valence-electron chi connectivity index (χ4n) is 1.16. The number of alkyl halides is 2. The van der Waals surface area contributed by atoms with E-state index in [1.54, 1.807) is 6.92 Å². The van der Waals surface area contributed by atoms with Crippen LogP contribution in [-0.4, -0.2) is 19.2 Å². The van der Waals surface area contributed by atoms with Gasteiger partial charge in [-0.1, -0.05) is 11.6 Å². The van der Waals surface area contributed by atoms with Gasteiger partial charge >= 0.3 is 12.6 Å². The molecule has 1 rings (SSSR count). The number of carbonyl (C=O) groups excluding carboxylic acids is 1. The molecular formula is C10H10ClF2NO3. The minimum absolute atomic E-state index is 0.0799. The molecule has 17 heavy (non-hydrogen) atoms. The van der Waals surface area contributed by atoms with E-state index in [0.29, 0.717) is 0 Å². The molecule has 0 saturated carbocycles. The number of hydrogen-bond acceptors (Lipinski definition) is 4. The number of halogens is 3. The van der Waals surface area contributed by atoms with E-state index in [1.807, 2.05) is 0 Å². The number of benzene rings is 1. The van der Waals surface area contributed by atoms with Crippen molar-refractivity contribution in [3.8, 4) is 5.75 Å².